The van der Waals surface area contributed by atoms with Gasteiger partial charge in [-0.05, 0) is 143 Å². The average molecular weight is 1740 g/mol. The molecular formula is C80H127N25O19. The molecule has 0 unspecified atom stereocenters. The van der Waals surface area contributed by atoms with Crippen molar-refractivity contribution in [3.8, 4) is 11.5 Å². The first-order valence-electron chi connectivity index (χ1n) is 41.1. The van der Waals surface area contributed by atoms with E-state index in [1.807, 2.05) is 13.8 Å². The second-order valence-corrected chi connectivity index (χ2v) is 32.5. The van der Waals surface area contributed by atoms with Crippen molar-refractivity contribution < 1.29 is 92.0 Å². The van der Waals surface area contributed by atoms with Crippen LogP contribution in [0, 0.1) is 34.5 Å². The number of amides is 16. The van der Waals surface area contributed by atoms with Crippen LogP contribution in [0.4, 0.5) is 0 Å². The minimum Gasteiger partial charge on any atom is -0.508 e. The van der Waals surface area contributed by atoms with Gasteiger partial charge in [-0.1, -0.05) is 79.7 Å². The van der Waals surface area contributed by atoms with Gasteiger partial charge >= 0.3 is 0 Å². The zero-order chi connectivity index (χ0) is 92.8. The topological polar surface area (TPSA) is 733 Å². The summed E-state index contributed by atoms with van der Waals surface area (Å²) in [4.78, 5) is 232. The van der Waals surface area contributed by atoms with Crippen LogP contribution in [0.3, 0.4) is 0 Å². The highest BCUT2D eigenvalue weighted by molar-refractivity contribution is 6.02. The van der Waals surface area contributed by atoms with Crippen molar-refractivity contribution in [2.45, 2.75) is 250 Å². The molecule has 2 aromatic carbocycles. The second-order valence-electron chi connectivity index (χ2n) is 32.5. The van der Waals surface area contributed by atoms with E-state index in [2.05, 4.69) is 95.0 Å². The van der Waals surface area contributed by atoms with Crippen LogP contribution in [0.2, 0.25) is 0 Å². The summed E-state index contributed by atoms with van der Waals surface area (Å²) in [5, 5.41) is 88.4. The number of phenolic OH excluding ortho intramolecular Hbond substituents is 2. The number of aromatic nitrogens is 2. The summed E-state index contributed by atoms with van der Waals surface area (Å²) in [6.45, 7) is 16.1. The van der Waals surface area contributed by atoms with Crippen molar-refractivity contribution >= 4 is 106 Å². The number of aliphatic hydroxyl groups excluding tert-OH is 1. The number of nitrogens with one attached hydrogen (secondary N) is 19. The summed E-state index contributed by atoms with van der Waals surface area (Å²) < 4.78 is 0. The van der Waals surface area contributed by atoms with Gasteiger partial charge in [-0.2, -0.15) is 0 Å². The predicted octanol–water partition coefficient (Wildman–Crippen LogP) is -5.75. The van der Waals surface area contributed by atoms with Gasteiger partial charge in [0.25, 0.3) is 0 Å². The summed E-state index contributed by atoms with van der Waals surface area (Å²) in [6, 6.07) is -7.19. The van der Waals surface area contributed by atoms with Gasteiger partial charge in [-0.3, -0.25) is 87.5 Å². The number of hydrogen-bond donors (Lipinski definition) is 27. The smallest absolute Gasteiger partial charge is 0.246 e. The molecule has 0 bridgehead atoms. The Hall–Kier alpha value is -12.8. The molecule has 2 heterocycles. The molecular weight excluding hydrogens is 1620 g/mol. The van der Waals surface area contributed by atoms with Crippen LogP contribution in [0.1, 0.15) is 163 Å². The standard InChI is InChI=1S/C80H127N25O19/c1-40(2)31-55(93-45(10)107)69(116)95-52(14-12-28-91-79(86)87)67(114)100-59(36-48-38-89-39-92-48)72(119)99-58(35-47-17-21-50(109)22-18-47)71(118)97-56(32-41(3)4)70(117)101-60(37-62(82)111)73(120)98-57(33-42(5)6)74(121)103-63(43(7)8)75(122)104-64(44(9)106)76(123)105-80(25-29-88-30-26-80)77(124)102-53(23-24-61(81)110)68(115)94-51(13-11-27-90-78(84)85)66(113)96-54(65(83)112)34-46-15-19-49(108)20-16-46/h15-22,38-44,51-60,63-64,88,106,108-109H,11-14,23-37H2,1-10H3,(H2,81,110)(H2,82,111)(H2,83,112)(H,89,92)(H,93,107)(H,94,115)(H,95,116)(H,96,113)(H,97,118)(H,98,120)(H,99,119)(H,100,114)(H,101,117)(H,102,124)(H,103,121)(H,104,122)(H,105,123)(H4,84,85,90)(H4,86,87,91)/t44-,51+,52+,53+,54+,55+,56+,57+,58+,59+,60+,63+,64+/m1/s1. The molecule has 1 aliphatic rings. The third-order valence-corrected chi connectivity index (χ3v) is 19.9. The molecule has 0 spiro atoms. The largest absolute Gasteiger partial charge is 0.508 e. The highest BCUT2D eigenvalue weighted by atomic mass is 16.3. The number of nitrogens with zero attached hydrogens (tertiary/aromatic N) is 1. The van der Waals surface area contributed by atoms with E-state index in [1.54, 1.807) is 27.7 Å². The third kappa shape index (κ3) is 36.9. The van der Waals surface area contributed by atoms with Crippen LogP contribution >= 0.6 is 0 Å². The number of primary amides is 3. The molecule has 0 aliphatic carbocycles. The van der Waals surface area contributed by atoms with Gasteiger partial charge in [0.1, 0.15) is 89.5 Å². The van der Waals surface area contributed by atoms with E-state index >= 15 is 0 Å². The number of H-pyrrole nitrogens is 1. The number of nitrogens with two attached hydrogens (primary N) is 5. The van der Waals surface area contributed by atoms with Crippen molar-refractivity contribution in [1.82, 2.24) is 95.0 Å². The Morgan fingerprint density at radius 3 is 1.23 bits per heavy atom. The number of carbonyl (C=O) groups is 16. The maximum atomic E-state index is 14.9. The molecule has 1 aliphatic heterocycles. The number of aromatic amines is 1. The van der Waals surface area contributed by atoms with E-state index in [-0.39, 0.29) is 127 Å². The van der Waals surface area contributed by atoms with Gasteiger partial charge < -0.3 is 134 Å². The number of imidazole rings is 1. The SMILES string of the molecule is CC(=O)N[C@@H](CC(C)C)C(=O)N[C@@H](CCCNC(=N)N)C(=O)N[C@@H](Cc1cnc[nH]1)C(=O)N[C@@H](Cc1ccc(O)cc1)C(=O)N[C@@H](CC(C)C)C(=O)N[C@@H](CC(N)=O)C(=O)N[C@@H](CC(C)C)C(=O)N[C@H](C(=O)N[C@H](C(=O)NC1(C(=O)N[C@@H](CCC(N)=O)C(=O)N[C@@H](CCCNC(=N)N)C(=O)N[C@@H](Cc2ccc(O)cc2)C(N)=O)CCNCC1)[C@@H](C)O)C(C)C. The highest BCUT2D eigenvalue weighted by Crippen LogP contribution is 2.23. The van der Waals surface area contributed by atoms with Crippen LogP contribution in [-0.2, 0) is 96.0 Å². The molecule has 0 radical (unpaired) electrons. The van der Waals surface area contributed by atoms with E-state index in [0.29, 0.717) is 16.8 Å². The van der Waals surface area contributed by atoms with Crippen molar-refractivity contribution in [3.63, 3.8) is 0 Å². The number of carbonyl (C=O) groups excluding carboxylic acids is 16. The van der Waals surface area contributed by atoms with E-state index in [9.17, 15) is 92.0 Å². The fourth-order valence-corrected chi connectivity index (χ4v) is 13.4. The highest BCUT2D eigenvalue weighted by Gasteiger charge is 2.46. The predicted molar refractivity (Wildman–Crippen MR) is 452 cm³/mol. The summed E-state index contributed by atoms with van der Waals surface area (Å²) in [6.07, 6.45) is -2.01. The zero-order valence-electron chi connectivity index (χ0n) is 71.7. The Labute approximate surface area is 719 Å². The average Bonchev–Trinajstić information content (AvgIpc) is 0.853. The van der Waals surface area contributed by atoms with Crippen molar-refractivity contribution in [2.24, 2.45) is 52.3 Å². The van der Waals surface area contributed by atoms with E-state index in [1.165, 1.54) is 81.8 Å². The monoisotopic (exact) mass is 1740 g/mol. The first-order chi connectivity index (χ1) is 58.3. The Bertz CT molecular complexity index is 4140. The van der Waals surface area contributed by atoms with Crippen LogP contribution in [0.5, 0.6) is 11.5 Å². The quantitative estimate of drug-likeness (QED) is 0.0142. The number of phenols is 2. The van der Waals surface area contributed by atoms with Crippen molar-refractivity contribution in [1.29, 1.82) is 10.8 Å². The third-order valence-electron chi connectivity index (χ3n) is 19.9. The molecule has 13 atom stereocenters. The molecule has 32 N–H and O–H groups in total. The molecule has 1 fully saturated rings. The minimum absolute atomic E-state index is 0.0406. The first kappa shape index (κ1) is 104. The van der Waals surface area contributed by atoms with E-state index in [0.717, 1.165) is 6.92 Å². The number of rotatable bonds is 53. The fraction of sp³-hybridized carbons (Fsp3) is 0.588. The first-order valence-corrected chi connectivity index (χ1v) is 41.1. The van der Waals surface area contributed by atoms with Gasteiger partial charge in [-0.25, -0.2) is 4.98 Å². The Morgan fingerprint density at radius 1 is 0.444 bits per heavy atom. The number of benzene rings is 2. The van der Waals surface area contributed by atoms with Gasteiger partial charge in [0.2, 0.25) is 94.5 Å². The number of guanidine groups is 2. The molecule has 16 amide bonds. The molecule has 1 saturated heterocycles. The van der Waals surface area contributed by atoms with Crippen LogP contribution < -0.4 is 114 Å². The lowest BCUT2D eigenvalue weighted by Crippen LogP contribution is -2.68. The molecule has 0 saturated carbocycles. The van der Waals surface area contributed by atoms with Gasteiger partial charge in [-0.15, -0.1) is 0 Å². The molecule has 124 heavy (non-hydrogen) atoms. The summed E-state index contributed by atoms with van der Waals surface area (Å²) in [5.41, 5.74) is 27.1. The number of piperidine rings is 1. The lowest BCUT2D eigenvalue weighted by Gasteiger charge is -2.39. The van der Waals surface area contributed by atoms with Gasteiger partial charge in [0.05, 0.1) is 18.9 Å². The molecule has 4 rings (SSSR count). The Morgan fingerprint density at radius 2 is 0.823 bits per heavy atom. The number of aromatic hydroxyl groups is 2. The minimum atomic E-state index is -1.93. The Kier molecular flexibility index (Phi) is 42.8. The maximum Gasteiger partial charge on any atom is 0.246 e. The molecule has 3 aromatic rings. The molecule has 44 heteroatoms. The second kappa shape index (κ2) is 51.2. The lowest BCUT2D eigenvalue weighted by atomic mass is 9.86. The summed E-state index contributed by atoms with van der Waals surface area (Å²) in [5.74, 6) is -18.0. The van der Waals surface area contributed by atoms with E-state index < -0.39 is 222 Å². The molecule has 686 valence electrons. The van der Waals surface area contributed by atoms with Gasteiger partial charge in [0.15, 0.2) is 11.9 Å². The summed E-state index contributed by atoms with van der Waals surface area (Å²) in [7, 11) is 0. The van der Waals surface area contributed by atoms with Crippen molar-refractivity contribution in [3.05, 3.63) is 77.9 Å². The fourth-order valence-electron chi connectivity index (χ4n) is 13.4. The maximum absolute atomic E-state index is 14.9. The van der Waals surface area contributed by atoms with Gasteiger partial charge in [0, 0.05) is 57.6 Å². The number of hydrogen-bond acceptors (Lipinski definition) is 23. The van der Waals surface area contributed by atoms with Crippen LogP contribution in [0.25, 0.3) is 0 Å². The van der Waals surface area contributed by atoms with Crippen molar-refractivity contribution in [2.75, 3.05) is 26.2 Å². The summed E-state index contributed by atoms with van der Waals surface area (Å²) >= 11 is 0. The lowest BCUT2D eigenvalue weighted by molar-refractivity contribution is -0.141. The molecule has 1 aromatic heterocycles. The van der Waals surface area contributed by atoms with Crippen LogP contribution in [-0.4, -0.2) is 242 Å². The number of aliphatic hydroxyl groups is 1. The van der Waals surface area contributed by atoms with Crippen LogP contribution in [0.15, 0.2) is 61.1 Å². The van der Waals surface area contributed by atoms with E-state index in [4.69, 9.17) is 39.5 Å². The zero-order valence-corrected chi connectivity index (χ0v) is 71.7. The molecule has 44 nitrogen and oxygen atoms in total. The normalized spacial score (nSPS) is 15.5. The Balaban J connectivity index is 1.62.